The van der Waals surface area contributed by atoms with Gasteiger partial charge < -0.3 is 9.55 Å². The average Bonchev–Trinajstić information content (AvgIpc) is 2.35. The molecule has 0 saturated heterocycles. The summed E-state index contributed by atoms with van der Waals surface area (Å²) in [5.41, 5.74) is 2.07. The molecule has 0 aliphatic rings. The van der Waals surface area contributed by atoms with Gasteiger partial charge in [0.05, 0.1) is 0 Å². The second kappa shape index (κ2) is 2.42. The Morgan fingerprint density at radius 3 is 3.08 bits per heavy atom. The van der Waals surface area contributed by atoms with Crippen LogP contribution in [0.25, 0.3) is 11.0 Å². The monoisotopic (exact) mass is 179 g/mol. The van der Waals surface area contributed by atoms with Gasteiger partial charge in [-0.3, -0.25) is 0 Å². The largest absolute Gasteiger partial charge is 0.346 e. The quantitative estimate of drug-likeness (QED) is 0.627. The molecule has 0 aromatic carbocycles. The number of nitrogens with zero attached hydrogens (tertiary/aromatic N) is 2. The lowest BCUT2D eigenvalue weighted by Gasteiger charge is -1.97. The molecule has 0 fully saturated rings. The Morgan fingerprint density at radius 2 is 2.33 bits per heavy atom. The predicted octanol–water partition coefficient (Wildman–Crippen LogP) is 1.94. The summed E-state index contributed by atoms with van der Waals surface area (Å²) in [5.74, 6) is 0. The van der Waals surface area contributed by atoms with E-state index in [1.54, 1.807) is 0 Å². The van der Waals surface area contributed by atoms with E-state index in [0.29, 0.717) is 4.77 Å². The maximum Gasteiger partial charge on any atom is 0.201 e. The molecule has 0 unspecified atom stereocenters. The van der Waals surface area contributed by atoms with Crippen LogP contribution in [0.15, 0.2) is 12.4 Å². The Balaban J connectivity index is 2.97. The van der Waals surface area contributed by atoms with Gasteiger partial charge in [-0.05, 0) is 24.7 Å². The van der Waals surface area contributed by atoms with E-state index in [-0.39, 0.29) is 0 Å². The van der Waals surface area contributed by atoms with Crippen LogP contribution >= 0.6 is 12.2 Å². The van der Waals surface area contributed by atoms with Crippen molar-refractivity contribution in [1.29, 1.82) is 0 Å². The van der Waals surface area contributed by atoms with E-state index in [1.807, 2.05) is 30.9 Å². The molecular weight excluding hydrogens is 170 g/mol. The van der Waals surface area contributed by atoms with Gasteiger partial charge in [-0.25, -0.2) is 4.98 Å². The SMILES string of the molecule is Cc1c[nH]c2nc(=S)n(C)cc12. The standard InChI is InChI=1S/C8H9N3S/c1-5-3-9-7-6(5)4-11(2)8(12)10-7/h3-4H,1-2H3,(H,9,10,12). The number of aromatic nitrogens is 3. The van der Waals surface area contributed by atoms with E-state index in [1.165, 1.54) is 5.56 Å². The fourth-order valence-electron chi connectivity index (χ4n) is 1.20. The molecule has 0 saturated carbocycles. The Bertz CT molecular complexity index is 480. The van der Waals surface area contributed by atoms with E-state index >= 15 is 0 Å². The van der Waals surface area contributed by atoms with E-state index in [2.05, 4.69) is 9.97 Å². The lowest BCUT2D eigenvalue weighted by atomic mass is 10.3. The maximum absolute atomic E-state index is 5.02. The van der Waals surface area contributed by atoms with Crippen molar-refractivity contribution in [1.82, 2.24) is 14.5 Å². The fraction of sp³-hybridized carbons (Fsp3) is 0.250. The first-order chi connectivity index (χ1) is 5.68. The Kier molecular flexibility index (Phi) is 1.51. The molecule has 0 atom stereocenters. The minimum Gasteiger partial charge on any atom is -0.346 e. The zero-order chi connectivity index (χ0) is 8.72. The lowest BCUT2D eigenvalue weighted by Crippen LogP contribution is -1.94. The highest BCUT2D eigenvalue weighted by Crippen LogP contribution is 2.13. The summed E-state index contributed by atoms with van der Waals surface area (Å²) in [5, 5.41) is 1.13. The maximum atomic E-state index is 5.02. The van der Waals surface area contributed by atoms with E-state index in [4.69, 9.17) is 12.2 Å². The second-order valence-corrected chi connectivity index (χ2v) is 3.23. The van der Waals surface area contributed by atoms with Crippen molar-refractivity contribution in [3.8, 4) is 0 Å². The molecular formula is C8H9N3S. The van der Waals surface area contributed by atoms with Gasteiger partial charge in [-0.15, -0.1) is 0 Å². The zero-order valence-electron chi connectivity index (χ0n) is 6.96. The van der Waals surface area contributed by atoms with E-state index < -0.39 is 0 Å². The fourth-order valence-corrected chi connectivity index (χ4v) is 1.34. The number of hydrogen-bond acceptors (Lipinski definition) is 2. The molecule has 0 radical (unpaired) electrons. The van der Waals surface area contributed by atoms with Crippen LogP contribution in [-0.4, -0.2) is 14.5 Å². The van der Waals surface area contributed by atoms with Crippen LogP contribution in [0.4, 0.5) is 0 Å². The molecule has 1 N–H and O–H groups in total. The van der Waals surface area contributed by atoms with Crippen LogP contribution in [-0.2, 0) is 7.05 Å². The number of fused-ring (bicyclic) bond motifs is 1. The number of hydrogen-bond donors (Lipinski definition) is 1. The summed E-state index contributed by atoms with van der Waals surface area (Å²) in [6.07, 6.45) is 3.93. The summed E-state index contributed by atoms with van der Waals surface area (Å²) in [6, 6.07) is 0. The van der Waals surface area contributed by atoms with E-state index in [0.717, 1.165) is 11.0 Å². The Morgan fingerprint density at radius 1 is 1.58 bits per heavy atom. The minimum absolute atomic E-state index is 0.601. The van der Waals surface area contributed by atoms with Crippen molar-refractivity contribution in [2.75, 3.05) is 0 Å². The summed E-state index contributed by atoms with van der Waals surface area (Å²) < 4.78 is 2.45. The second-order valence-electron chi connectivity index (χ2n) is 2.87. The number of H-pyrrole nitrogens is 1. The third kappa shape index (κ3) is 0.956. The first-order valence-corrected chi connectivity index (χ1v) is 4.10. The minimum atomic E-state index is 0.601. The van der Waals surface area contributed by atoms with Crippen molar-refractivity contribution < 1.29 is 0 Å². The van der Waals surface area contributed by atoms with Gasteiger partial charge in [-0.1, -0.05) is 0 Å². The molecule has 62 valence electrons. The molecule has 2 rings (SSSR count). The lowest BCUT2D eigenvalue weighted by molar-refractivity contribution is 0.858. The first kappa shape index (κ1) is 7.49. The highest BCUT2D eigenvalue weighted by molar-refractivity contribution is 7.71. The molecule has 12 heavy (non-hydrogen) atoms. The normalized spacial score (nSPS) is 10.8. The molecule has 2 heterocycles. The van der Waals surface area contributed by atoms with Gasteiger partial charge in [0.1, 0.15) is 5.65 Å². The van der Waals surface area contributed by atoms with Crippen LogP contribution in [0.5, 0.6) is 0 Å². The summed E-state index contributed by atoms with van der Waals surface area (Å²) in [7, 11) is 1.90. The van der Waals surface area contributed by atoms with Crippen molar-refractivity contribution in [2.45, 2.75) is 6.92 Å². The van der Waals surface area contributed by atoms with Crippen LogP contribution in [0.2, 0.25) is 0 Å². The molecule has 4 heteroatoms. The van der Waals surface area contributed by atoms with Gasteiger partial charge in [0.25, 0.3) is 0 Å². The Labute approximate surface area is 75.1 Å². The molecule has 3 nitrogen and oxygen atoms in total. The van der Waals surface area contributed by atoms with Crippen molar-refractivity contribution in [3.05, 3.63) is 22.7 Å². The molecule has 0 bridgehead atoms. The highest BCUT2D eigenvalue weighted by Gasteiger charge is 2.00. The van der Waals surface area contributed by atoms with E-state index in [9.17, 15) is 0 Å². The first-order valence-electron chi connectivity index (χ1n) is 3.70. The van der Waals surface area contributed by atoms with Crippen molar-refractivity contribution in [2.24, 2.45) is 7.05 Å². The molecule has 0 amide bonds. The van der Waals surface area contributed by atoms with Crippen molar-refractivity contribution in [3.63, 3.8) is 0 Å². The van der Waals surface area contributed by atoms with Gasteiger partial charge >= 0.3 is 0 Å². The Hall–Kier alpha value is -1.16. The van der Waals surface area contributed by atoms with Crippen LogP contribution in [0.1, 0.15) is 5.56 Å². The number of nitrogens with one attached hydrogen (secondary N) is 1. The molecule has 2 aromatic heterocycles. The van der Waals surface area contributed by atoms with Crippen LogP contribution < -0.4 is 0 Å². The van der Waals surface area contributed by atoms with Crippen LogP contribution in [0.3, 0.4) is 0 Å². The smallest absolute Gasteiger partial charge is 0.201 e. The molecule has 2 aromatic rings. The van der Waals surface area contributed by atoms with Crippen LogP contribution in [0, 0.1) is 11.7 Å². The summed E-state index contributed by atoms with van der Waals surface area (Å²) >= 11 is 5.02. The predicted molar refractivity (Wildman–Crippen MR) is 50.6 cm³/mol. The third-order valence-electron chi connectivity index (χ3n) is 1.94. The molecule has 0 spiro atoms. The highest BCUT2D eigenvalue weighted by atomic mass is 32.1. The van der Waals surface area contributed by atoms with Gasteiger partial charge in [-0.2, -0.15) is 0 Å². The van der Waals surface area contributed by atoms with Gasteiger partial charge in [0.15, 0.2) is 0 Å². The molecule has 0 aliphatic heterocycles. The number of aryl methyl sites for hydroxylation is 2. The van der Waals surface area contributed by atoms with Gasteiger partial charge in [0, 0.05) is 24.8 Å². The zero-order valence-corrected chi connectivity index (χ0v) is 7.77. The summed E-state index contributed by atoms with van der Waals surface area (Å²) in [6.45, 7) is 2.05. The number of rotatable bonds is 0. The summed E-state index contributed by atoms with van der Waals surface area (Å²) in [4.78, 5) is 7.28. The van der Waals surface area contributed by atoms with Gasteiger partial charge in [0.2, 0.25) is 4.77 Å². The average molecular weight is 179 g/mol. The molecule has 0 aliphatic carbocycles. The number of aromatic amines is 1. The topological polar surface area (TPSA) is 33.6 Å². The van der Waals surface area contributed by atoms with Crippen molar-refractivity contribution >= 4 is 23.3 Å². The third-order valence-corrected chi connectivity index (χ3v) is 2.32.